The van der Waals surface area contributed by atoms with Crippen LogP contribution in [0.3, 0.4) is 0 Å². The minimum absolute atomic E-state index is 0.0121. The Morgan fingerprint density at radius 1 is 0.552 bits per heavy atom. The Morgan fingerprint density at radius 3 is 1.41 bits per heavy atom. The van der Waals surface area contributed by atoms with E-state index >= 15 is 0 Å². The van der Waals surface area contributed by atoms with Crippen molar-refractivity contribution in [1.29, 1.82) is 0 Å². The molecule has 302 valence electrons. The largest absolute Gasteiger partial charge is 0.507 e. The van der Waals surface area contributed by atoms with Crippen molar-refractivity contribution in [2.45, 2.75) is 132 Å². The standard InChI is InChI=1S/C52H62N4O2/c1-12-15-23-55-45-21-18-35(51(6,7)8)26-37(45)39-28-47(57)41(32(4)49(39)55)30-53-43-20-17-34(14-3)25-44(43)54-31-42-33(5)50-40(29-48(42)58)38-27-36(52(9,10)11)19-22-46(38)56(50)24-16-13-2/h17-22,25-31,57-58H,12-16,23-24H2,1-11H3. The zero-order valence-electron chi connectivity index (χ0n) is 36.6. The van der Waals surface area contributed by atoms with E-state index in [0.717, 1.165) is 83.7 Å². The second-order valence-corrected chi connectivity index (χ2v) is 18.3. The fourth-order valence-electron chi connectivity index (χ4n) is 8.56. The van der Waals surface area contributed by atoms with Crippen molar-refractivity contribution in [2.24, 2.45) is 9.98 Å². The van der Waals surface area contributed by atoms with Crippen molar-refractivity contribution in [3.05, 3.63) is 106 Å². The molecule has 2 aromatic heterocycles. The van der Waals surface area contributed by atoms with Crippen LogP contribution in [0.25, 0.3) is 43.6 Å². The summed E-state index contributed by atoms with van der Waals surface area (Å²) < 4.78 is 4.85. The Labute approximate surface area is 345 Å². The number of hydrogen-bond acceptors (Lipinski definition) is 4. The normalized spacial score (nSPS) is 12.9. The maximum Gasteiger partial charge on any atom is 0.125 e. The quantitative estimate of drug-likeness (QED) is 0.128. The van der Waals surface area contributed by atoms with Gasteiger partial charge in [-0.1, -0.05) is 93.4 Å². The van der Waals surface area contributed by atoms with Gasteiger partial charge in [0.05, 0.1) is 22.4 Å². The number of rotatable bonds is 11. The maximum absolute atomic E-state index is 11.6. The van der Waals surface area contributed by atoms with E-state index in [-0.39, 0.29) is 22.3 Å². The van der Waals surface area contributed by atoms with Crippen LogP contribution in [0, 0.1) is 13.8 Å². The summed E-state index contributed by atoms with van der Waals surface area (Å²) in [6, 6.07) is 23.6. The third-order valence-corrected chi connectivity index (χ3v) is 12.2. The lowest BCUT2D eigenvalue weighted by Crippen LogP contribution is -2.10. The van der Waals surface area contributed by atoms with Gasteiger partial charge < -0.3 is 19.3 Å². The lowest BCUT2D eigenvalue weighted by Gasteiger charge is -2.19. The molecule has 0 saturated carbocycles. The highest BCUT2D eigenvalue weighted by molar-refractivity contribution is 6.13. The van der Waals surface area contributed by atoms with Crippen LogP contribution in [-0.4, -0.2) is 31.8 Å². The van der Waals surface area contributed by atoms with Crippen LogP contribution in [0.4, 0.5) is 11.4 Å². The first-order chi connectivity index (χ1) is 27.6. The fraction of sp³-hybridized carbons (Fsp3) is 0.385. The monoisotopic (exact) mass is 774 g/mol. The fourth-order valence-corrected chi connectivity index (χ4v) is 8.56. The zero-order valence-corrected chi connectivity index (χ0v) is 36.6. The second kappa shape index (κ2) is 15.8. The number of benzene rings is 5. The molecule has 0 bridgehead atoms. The zero-order chi connectivity index (χ0) is 41.7. The van der Waals surface area contributed by atoms with Crippen LogP contribution in [-0.2, 0) is 30.3 Å². The summed E-state index contributed by atoms with van der Waals surface area (Å²) in [7, 11) is 0. The lowest BCUT2D eigenvalue weighted by atomic mass is 9.86. The average molecular weight is 775 g/mol. The summed E-state index contributed by atoms with van der Waals surface area (Å²) in [5, 5.41) is 27.7. The number of aromatic hydroxyl groups is 2. The maximum atomic E-state index is 11.6. The van der Waals surface area contributed by atoms with Crippen molar-refractivity contribution >= 4 is 67.4 Å². The molecule has 0 aliphatic heterocycles. The molecule has 0 radical (unpaired) electrons. The number of nitrogens with zero attached hydrogens (tertiary/aromatic N) is 4. The Bertz CT molecular complexity index is 2740. The van der Waals surface area contributed by atoms with Crippen molar-refractivity contribution in [3.63, 3.8) is 0 Å². The molecule has 0 fully saturated rings. The van der Waals surface area contributed by atoms with Crippen LogP contribution >= 0.6 is 0 Å². The first kappa shape index (κ1) is 40.8. The number of aliphatic imine (C=N–C) groups is 2. The van der Waals surface area contributed by atoms with Gasteiger partial charge in [-0.25, -0.2) is 0 Å². The summed E-state index contributed by atoms with van der Waals surface area (Å²) >= 11 is 0. The van der Waals surface area contributed by atoms with E-state index in [0.29, 0.717) is 22.5 Å². The highest BCUT2D eigenvalue weighted by Gasteiger charge is 2.22. The van der Waals surface area contributed by atoms with Gasteiger partial charge in [0.25, 0.3) is 0 Å². The molecule has 6 nitrogen and oxygen atoms in total. The second-order valence-electron chi connectivity index (χ2n) is 18.3. The lowest BCUT2D eigenvalue weighted by molar-refractivity contribution is 0.474. The van der Waals surface area contributed by atoms with Crippen LogP contribution in [0.2, 0.25) is 0 Å². The van der Waals surface area contributed by atoms with E-state index < -0.39 is 0 Å². The molecule has 0 amide bonds. The van der Waals surface area contributed by atoms with Gasteiger partial charge >= 0.3 is 0 Å². The van der Waals surface area contributed by atoms with Crippen LogP contribution in [0.5, 0.6) is 11.5 Å². The number of unbranched alkanes of at least 4 members (excludes halogenated alkanes) is 2. The van der Waals surface area contributed by atoms with Gasteiger partial charge in [0.1, 0.15) is 11.5 Å². The van der Waals surface area contributed by atoms with Gasteiger partial charge in [0.15, 0.2) is 0 Å². The molecule has 7 aromatic rings. The van der Waals surface area contributed by atoms with E-state index in [1.807, 2.05) is 18.2 Å². The summed E-state index contributed by atoms with van der Waals surface area (Å²) in [4.78, 5) is 10.1. The van der Waals surface area contributed by atoms with E-state index in [1.54, 1.807) is 12.4 Å². The topological polar surface area (TPSA) is 75.0 Å². The van der Waals surface area contributed by atoms with E-state index in [2.05, 4.69) is 134 Å². The molecular weight excluding hydrogens is 713 g/mol. The highest BCUT2D eigenvalue weighted by Crippen LogP contribution is 2.41. The van der Waals surface area contributed by atoms with Crippen molar-refractivity contribution in [2.75, 3.05) is 0 Å². The molecule has 0 saturated heterocycles. The molecule has 0 spiro atoms. The molecule has 7 rings (SSSR count). The third kappa shape index (κ3) is 7.42. The van der Waals surface area contributed by atoms with Gasteiger partial charge in [0, 0.05) is 69.2 Å². The van der Waals surface area contributed by atoms with Gasteiger partial charge in [0.2, 0.25) is 0 Å². The van der Waals surface area contributed by atoms with Gasteiger partial charge in [-0.05, 0) is 120 Å². The molecular formula is C52H62N4O2. The van der Waals surface area contributed by atoms with E-state index in [4.69, 9.17) is 9.98 Å². The minimum Gasteiger partial charge on any atom is -0.507 e. The third-order valence-electron chi connectivity index (χ3n) is 12.2. The van der Waals surface area contributed by atoms with Gasteiger partial charge in [-0.3, -0.25) is 9.98 Å². The first-order valence-electron chi connectivity index (χ1n) is 21.4. The molecule has 0 aliphatic rings. The molecule has 5 aromatic carbocycles. The Kier molecular flexibility index (Phi) is 11.1. The Hall–Kier alpha value is -5.36. The number of aryl methyl sites for hydroxylation is 5. The molecule has 0 atom stereocenters. The Balaban J connectivity index is 1.33. The number of fused-ring (bicyclic) bond motifs is 6. The average Bonchev–Trinajstić information content (AvgIpc) is 3.66. The number of phenolic OH excluding ortho intramolecular Hbond substituents is 2. The van der Waals surface area contributed by atoms with E-state index in [1.165, 1.54) is 32.9 Å². The van der Waals surface area contributed by atoms with Gasteiger partial charge in [-0.2, -0.15) is 0 Å². The number of aromatic nitrogens is 2. The van der Waals surface area contributed by atoms with Crippen LogP contribution < -0.4 is 0 Å². The molecule has 2 N–H and O–H groups in total. The summed E-state index contributed by atoms with van der Waals surface area (Å²) in [5.41, 5.74) is 13.2. The molecule has 0 unspecified atom stereocenters. The highest BCUT2D eigenvalue weighted by atomic mass is 16.3. The van der Waals surface area contributed by atoms with Crippen molar-refractivity contribution in [1.82, 2.24) is 9.13 Å². The SMILES string of the molecule is CCCCn1c2ccc(C(C)(C)C)cc2c2cc(O)c(C=Nc3ccc(CC)cc3N=Cc3c(O)cc4c5cc(C(C)(C)C)ccc5n(CCCC)c4c3C)c(C)c21. The van der Waals surface area contributed by atoms with Crippen LogP contribution in [0.15, 0.2) is 76.7 Å². The molecule has 6 heteroatoms. The van der Waals surface area contributed by atoms with Crippen LogP contribution in [0.1, 0.15) is 127 Å². The Morgan fingerprint density at radius 2 is 1.00 bits per heavy atom. The summed E-state index contributed by atoms with van der Waals surface area (Å²) in [5.74, 6) is 0.421. The smallest absolute Gasteiger partial charge is 0.125 e. The van der Waals surface area contributed by atoms with E-state index in [9.17, 15) is 10.2 Å². The first-order valence-corrected chi connectivity index (χ1v) is 21.4. The summed E-state index contributed by atoms with van der Waals surface area (Å²) in [6.45, 7) is 26.0. The summed E-state index contributed by atoms with van der Waals surface area (Å²) in [6.07, 6.45) is 8.76. The van der Waals surface area contributed by atoms with Crippen molar-refractivity contribution < 1.29 is 10.2 Å². The van der Waals surface area contributed by atoms with Gasteiger partial charge in [-0.15, -0.1) is 0 Å². The van der Waals surface area contributed by atoms with Crippen molar-refractivity contribution in [3.8, 4) is 11.5 Å². The predicted molar refractivity (Wildman–Crippen MR) is 249 cm³/mol. The molecule has 2 heterocycles. The number of hydrogen-bond donors (Lipinski definition) is 2. The number of phenols is 2. The molecule has 58 heavy (non-hydrogen) atoms. The molecule has 0 aliphatic carbocycles. The minimum atomic E-state index is 0.0121. The predicted octanol–water partition coefficient (Wildman–Crippen LogP) is 14.2.